The molecule has 20 heavy (non-hydrogen) atoms. The summed E-state index contributed by atoms with van der Waals surface area (Å²) in [6.45, 7) is 2.24. The number of rotatable bonds is 4. The van der Waals surface area contributed by atoms with Crippen LogP contribution in [0.5, 0.6) is 0 Å². The van der Waals surface area contributed by atoms with Gasteiger partial charge in [-0.25, -0.2) is 0 Å². The third kappa shape index (κ3) is 1.59. The standard InChI is InChI=1S/C19H21N/c1-2-5-15-7-9-16(10-8-15)18-12-19(13-18,14-18)17-6-3-4-11-20-17/h3-4,6-11H,2,5,12-14H2,1H3. The zero-order valence-corrected chi connectivity index (χ0v) is 12.1. The lowest BCUT2D eigenvalue weighted by Crippen LogP contribution is -2.67. The van der Waals surface area contributed by atoms with Crippen LogP contribution in [0.1, 0.15) is 49.4 Å². The Bertz CT molecular complexity index is 592. The molecule has 0 unspecified atom stereocenters. The Morgan fingerprint density at radius 2 is 1.70 bits per heavy atom. The molecule has 1 aromatic carbocycles. The maximum absolute atomic E-state index is 4.57. The van der Waals surface area contributed by atoms with Crippen molar-refractivity contribution >= 4 is 0 Å². The van der Waals surface area contributed by atoms with Crippen LogP contribution in [-0.2, 0) is 17.3 Å². The third-order valence-electron chi connectivity index (χ3n) is 5.34. The van der Waals surface area contributed by atoms with Gasteiger partial charge in [0.1, 0.15) is 0 Å². The summed E-state index contributed by atoms with van der Waals surface area (Å²) in [4.78, 5) is 4.57. The fourth-order valence-electron chi connectivity index (χ4n) is 4.36. The van der Waals surface area contributed by atoms with Gasteiger partial charge in [-0.2, -0.15) is 0 Å². The van der Waals surface area contributed by atoms with Crippen molar-refractivity contribution in [2.75, 3.05) is 0 Å². The minimum Gasteiger partial charge on any atom is -0.261 e. The van der Waals surface area contributed by atoms with Crippen LogP contribution in [0, 0.1) is 0 Å². The molecule has 5 rings (SSSR count). The second-order valence-corrected chi connectivity index (χ2v) is 6.75. The summed E-state index contributed by atoms with van der Waals surface area (Å²) in [5.41, 5.74) is 5.22. The molecule has 0 spiro atoms. The maximum Gasteiger partial charge on any atom is 0.0466 e. The zero-order chi connectivity index (χ0) is 13.6. The number of nitrogens with zero attached hydrogens (tertiary/aromatic N) is 1. The molecule has 1 nitrogen and oxygen atoms in total. The average Bonchev–Trinajstić information content (AvgIpc) is 2.39. The quantitative estimate of drug-likeness (QED) is 0.796. The molecule has 0 radical (unpaired) electrons. The van der Waals surface area contributed by atoms with Crippen molar-refractivity contribution in [1.29, 1.82) is 0 Å². The fourth-order valence-corrected chi connectivity index (χ4v) is 4.36. The smallest absolute Gasteiger partial charge is 0.0466 e. The Labute approximate surface area is 121 Å². The van der Waals surface area contributed by atoms with Gasteiger partial charge < -0.3 is 0 Å². The van der Waals surface area contributed by atoms with Gasteiger partial charge in [-0.05, 0) is 54.4 Å². The van der Waals surface area contributed by atoms with Crippen molar-refractivity contribution in [1.82, 2.24) is 4.98 Å². The monoisotopic (exact) mass is 263 g/mol. The maximum atomic E-state index is 4.57. The topological polar surface area (TPSA) is 12.9 Å². The summed E-state index contributed by atoms with van der Waals surface area (Å²) in [5.74, 6) is 0. The first-order valence-electron chi connectivity index (χ1n) is 7.77. The Morgan fingerprint density at radius 3 is 2.30 bits per heavy atom. The Kier molecular flexibility index (Phi) is 2.54. The van der Waals surface area contributed by atoms with E-state index in [9.17, 15) is 0 Å². The van der Waals surface area contributed by atoms with E-state index in [1.54, 1.807) is 5.56 Å². The van der Waals surface area contributed by atoms with Crippen LogP contribution in [0.4, 0.5) is 0 Å². The number of hydrogen-bond acceptors (Lipinski definition) is 1. The Hall–Kier alpha value is -1.63. The lowest BCUT2D eigenvalue weighted by molar-refractivity contribution is -0.0723. The highest BCUT2D eigenvalue weighted by Crippen LogP contribution is 2.73. The molecule has 3 aliphatic carbocycles. The SMILES string of the molecule is CCCc1ccc(C23CC(c4ccccn4)(C2)C3)cc1. The van der Waals surface area contributed by atoms with Crippen LogP contribution >= 0.6 is 0 Å². The van der Waals surface area contributed by atoms with Gasteiger partial charge in [0.15, 0.2) is 0 Å². The van der Waals surface area contributed by atoms with Crippen molar-refractivity contribution in [3.63, 3.8) is 0 Å². The van der Waals surface area contributed by atoms with Crippen molar-refractivity contribution in [2.24, 2.45) is 0 Å². The number of pyridine rings is 1. The molecule has 0 atom stereocenters. The summed E-state index contributed by atoms with van der Waals surface area (Å²) in [6, 6.07) is 15.7. The first-order valence-corrected chi connectivity index (χ1v) is 7.77. The van der Waals surface area contributed by atoms with E-state index in [0.717, 1.165) is 0 Å². The molecule has 2 bridgehead atoms. The van der Waals surface area contributed by atoms with Crippen molar-refractivity contribution in [2.45, 2.75) is 49.9 Å². The second kappa shape index (κ2) is 4.18. The van der Waals surface area contributed by atoms with Gasteiger partial charge in [0.2, 0.25) is 0 Å². The third-order valence-corrected chi connectivity index (χ3v) is 5.34. The van der Waals surface area contributed by atoms with Gasteiger partial charge in [0.25, 0.3) is 0 Å². The Morgan fingerprint density at radius 1 is 0.950 bits per heavy atom. The number of hydrogen-bond donors (Lipinski definition) is 0. The number of benzene rings is 1. The van der Waals surface area contributed by atoms with E-state index in [-0.39, 0.29) is 0 Å². The molecule has 3 fully saturated rings. The van der Waals surface area contributed by atoms with Gasteiger partial charge >= 0.3 is 0 Å². The summed E-state index contributed by atoms with van der Waals surface area (Å²) >= 11 is 0. The molecule has 0 N–H and O–H groups in total. The predicted octanol–water partition coefficient (Wildman–Crippen LogP) is 4.41. The predicted molar refractivity (Wildman–Crippen MR) is 81.9 cm³/mol. The van der Waals surface area contributed by atoms with Crippen LogP contribution in [0.25, 0.3) is 0 Å². The first kappa shape index (κ1) is 12.1. The van der Waals surface area contributed by atoms with Crippen molar-refractivity contribution < 1.29 is 0 Å². The van der Waals surface area contributed by atoms with Crippen LogP contribution in [0.3, 0.4) is 0 Å². The van der Waals surface area contributed by atoms with Crippen LogP contribution < -0.4 is 0 Å². The fraction of sp³-hybridized carbons (Fsp3) is 0.421. The van der Waals surface area contributed by atoms with Crippen LogP contribution in [0.15, 0.2) is 48.7 Å². The van der Waals surface area contributed by atoms with E-state index in [0.29, 0.717) is 10.8 Å². The summed E-state index contributed by atoms with van der Waals surface area (Å²) in [7, 11) is 0. The molecule has 102 valence electrons. The molecule has 0 aliphatic heterocycles. The molecule has 3 aliphatic rings. The minimum atomic E-state index is 0.406. The van der Waals surface area contributed by atoms with E-state index in [1.807, 2.05) is 12.3 Å². The molecule has 2 aromatic rings. The van der Waals surface area contributed by atoms with E-state index < -0.39 is 0 Å². The number of aryl methyl sites for hydroxylation is 1. The molecule has 0 saturated heterocycles. The Balaban J connectivity index is 1.51. The summed E-state index contributed by atoms with van der Waals surface area (Å²) < 4.78 is 0. The summed E-state index contributed by atoms with van der Waals surface area (Å²) in [6.07, 6.45) is 8.25. The zero-order valence-electron chi connectivity index (χ0n) is 12.1. The summed E-state index contributed by atoms with van der Waals surface area (Å²) in [5, 5.41) is 0. The average molecular weight is 263 g/mol. The van der Waals surface area contributed by atoms with Crippen LogP contribution in [-0.4, -0.2) is 4.98 Å². The molecule has 1 heterocycles. The largest absolute Gasteiger partial charge is 0.261 e. The van der Waals surface area contributed by atoms with Crippen LogP contribution in [0.2, 0.25) is 0 Å². The van der Waals surface area contributed by atoms with Gasteiger partial charge in [0.05, 0.1) is 0 Å². The molecule has 0 amide bonds. The molecule has 1 heteroatoms. The van der Waals surface area contributed by atoms with E-state index in [2.05, 4.69) is 48.3 Å². The highest BCUT2D eigenvalue weighted by Gasteiger charge is 2.69. The van der Waals surface area contributed by atoms with Gasteiger partial charge in [-0.1, -0.05) is 43.7 Å². The van der Waals surface area contributed by atoms with Crippen molar-refractivity contribution in [3.8, 4) is 0 Å². The first-order chi connectivity index (χ1) is 9.76. The highest BCUT2D eigenvalue weighted by atomic mass is 14.8. The van der Waals surface area contributed by atoms with Crippen molar-refractivity contribution in [3.05, 3.63) is 65.5 Å². The lowest BCUT2D eigenvalue weighted by atomic mass is 9.32. The normalized spacial score (nSPS) is 30.4. The van der Waals surface area contributed by atoms with E-state index in [4.69, 9.17) is 0 Å². The van der Waals surface area contributed by atoms with Gasteiger partial charge in [-0.15, -0.1) is 0 Å². The highest BCUT2D eigenvalue weighted by molar-refractivity contribution is 5.46. The molecule has 3 saturated carbocycles. The minimum absolute atomic E-state index is 0.406. The lowest BCUT2D eigenvalue weighted by Gasteiger charge is -2.71. The van der Waals surface area contributed by atoms with E-state index >= 15 is 0 Å². The van der Waals surface area contributed by atoms with Gasteiger partial charge in [-0.3, -0.25) is 4.98 Å². The number of aromatic nitrogens is 1. The molecule has 1 aromatic heterocycles. The molecular formula is C19H21N. The van der Waals surface area contributed by atoms with E-state index in [1.165, 1.54) is 43.4 Å². The van der Waals surface area contributed by atoms with Gasteiger partial charge in [0, 0.05) is 17.3 Å². The molecular weight excluding hydrogens is 242 g/mol. The second-order valence-electron chi connectivity index (χ2n) is 6.75.